The van der Waals surface area contributed by atoms with Crippen molar-refractivity contribution in [1.82, 2.24) is 0 Å². The minimum atomic E-state index is -0.254. The number of nitrogens with two attached hydrogens (primary N) is 1. The minimum absolute atomic E-state index is 0.107. The van der Waals surface area contributed by atoms with Crippen molar-refractivity contribution in [2.75, 3.05) is 11.1 Å². The molecule has 1 amide bonds. The molecule has 21 heavy (non-hydrogen) atoms. The fourth-order valence-corrected chi connectivity index (χ4v) is 2.66. The number of rotatable bonds is 3. The van der Waals surface area contributed by atoms with Gasteiger partial charge < -0.3 is 11.1 Å². The number of hydrogen-bond donors (Lipinski definition) is 2. The van der Waals surface area contributed by atoms with Gasteiger partial charge in [-0.1, -0.05) is 52.5 Å². The SMILES string of the molecule is Nc1c(Cl)cc(NC(=O)Cc2ccc(Cl)cc2Cl)cc1Cl. The number of hydrogen-bond acceptors (Lipinski definition) is 2. The molecule has 0 bridgehead atoms. The fourth-order valence-electron chi connectivity index (χ4n) is 1.70. The molecule has 2 aromatic carbocycles. The Bertz CT molecular complexity index is 680. The Morgan fingerprint density at radius 2 is 1.62 bits per heavy atom. The largest absolute Gasteiger partial charge is 0.396 e. The molecular formula is C14H10Cl4N2O. The molecule has 0 fully saturated rings. The van der Waals surface area contributed by atoms with Crippen LogP contribution in [0, 0.1) is 0 Å². The fraction of sp³-hybridized carbons (Fsp3) is 0.0714. The lowest BCUT2D eigenvalue weighted by atomic mass is 10.1. The van der Waals surface area contributed by atoms with Crippen LogP contribution in [-0.2, 0) is 11.2 Å². The van der Waals surface area contributed by atoms with Gasteiger partial charge in [-0.25, -0.2) is 0 Å². The number of amides is 1. The van der Waals surface area contributed by atoms with Gasteiger partial charge in [-0.3, -0.25) is 4.79 Å². The van der Waals surface area contributed by atoms with Crippen molar-refractivity contribution in [3.8, 4) is 0 Å². The Labute approximate surface area is 141 Å². The standard InChI is InChI=1S/C14H10Cl4N2O/c15-8-2-1-7(10(16)4-8)3-13(21)20-9-5-11(17)14(19)12(18)6-9/h1-2,4-6H,3,19H2,(H,20,21). The topological polar surface area (TPSA) is 55.1 Å². The van der Waals surface area contributed by atoms with E-state index in [4.69, 9.17) is 52.1 Å². The highest BCUT2D eigenvalue weighted by atomic mass is 35.5. The first kappa shape index (κ1) is 16.2. The van der Waals surface area contributed by atoms with Crippen LogP contribution >= 0.6 is 46.4 Å². The molecule has 0 aliphatic carbocycles. The van der Waals surface area contributed by atoms with Gasteiger partial charge in [0.2, 0.25) is 5.91 Å². The molecule has 0 saturated heterocycles. The zero-order chi connectivity index (χ0) is 15.6. The normalized spacial score (nSPS) is 10.5. The van der Waals surface area contributed by atoms with Crippen LogP contribution in [0.2, 0.25) is 20.1 Å². The maximum absolute atomic E-state index is 12.0. The quantitative estimate of drug-likeness (QED) is 0.748. The third kappa shape index (κ3) is 4.17. The first-order valence-electron chi connectivity index (χ1n) is 5.85. The first-order valence-corrected chi connectivity index (χ1v) is 7.36. The number of benzene rings is 2. The van der Waals surface area contributed by atoms with Crippen LogP contribution in [0.1, 0.15) is 5.56 Å². The van der Waals surface area contributed by atoms with E-state index in [-0.39, 0.29) is 28.1 Å². The number of anilines is 2. The summed E-state index contributed by atoms with van der Waals surface area (Å²) in [6, 6.07) is 8.02. The molecule has 3 nitrogen and oxygen atoms in total. The maximum atomic E-state index is 12.0. The van der Waals surface area contributed by atoms with E-state index in [1.807, 2.05) is 0 Å². The Morgan fingerprint density at radius 3 is 2.19 bits per heavy atom. The van der Waals surface area contributed by atoms with Gasteiger partial charge in [-0.15, -0.1) is 0 Å². The molecule has 0 unspecified atom stereocenters. The second kappa shape index (κ2) is 6.75. The molecule has 0 saturated carbocycles. The monoisotopic (exact) mass is 362 g/mol. The van der Waals surface area contributed by atoms with E-state index in [1.54, 1.807) is 18.2 Å². The lowest BCUT2D eigenvalue weighted by Gasteiger charge is -2.09. The van der Waals surface area contributed by atoms with Crippen LogP contribution in [0.3, 0.4) is 0 Å². The first-order chi connectivity index (χ1) is 9.86. The summed E-state index contributed by atoms with van der Waals surface area (Å²) in [4.78, 5) is 12.0. The molecule has 0 aromatic heterocycles. The molecule has 0 heterocycles. The van der Waals surface area contributed by atoms with Crippen LogP contribution in [0.25, 0.3) is 0 Å². The molecule has 3 N–H and O–H groups in total. The Morgan fingerprint density at radius 1 is 1.00 bits per heavy atom. The van der Waals surface area contributed by atoms with Gasteiger partial charge in [-0.2, -0.15) is 0 Å². The molecule has 0 aliphatic heterocycles. The number of carbonyl (C=O) groups excluding carboxylic acids is 1. The van der Waals surface area contributed by atoms with Gasteiger partial charge in [0.05, 0.1) is 22.2 Å². The molecule has 0 aliphatic rings. The highest BCUT2D eigenvalue weighted by molar-refractivity contribution is 6.39. The van der Waals surface area contributed by atoms with Crippen molar-refractivity contribution in [2.45, 2.75) is 6.42 Å². The van der Waals surface area contributed by atoms with E-state index < -0.39 is 0 Å². The second-order valence-electron chi connectivity index (χ2n) is 4.31. The van der Waals surface area contributed by atoms with E-state index in [2.05, 4.69) is 5.32 Å². The van der Waals surface area contributed by atoms with Gasteiger partial charge in [0.15, 0.2) is 0 Å². The number of halogens is 4. The molecule has 7 heteroatoms. The Kier molecular flexibility index (Phi) is 5.22. The van der Waals surface area contributed by atoms with E-state index in [0.717, 1.165) is 0 Å². The summed E-state index contributed by atoms with van der Waals surface area (Å²) in [5.41, 5.74) is 7.05. The van der Waals surface area contributed by atoms with Crippen molar-refractivity contribution in [3.63, 3.8) is 0 Å². The van der Waals surface area contributed by atoms with Crippen LogP contribution in [-0.4, -0.2) is 5.91 Å². The average molecular weight is 364 g/mol. The summed E-state index contributed by atoms with van der Waals surface area (Å²) in [5.74, 6) is -0.254. The van der Waals surface area contributed by atoms with Crippen molar-refractivity contribution >= 4 is 63.7 Å². The third-order valence-electron chi connectivity index (χ3n) is 2.73. The third-order valence-corrected chi connectivity index (χ3v) is 3.94. The zero-order valence-corrected chi connectivity index (χ0v) is 13.6. The highest BCUT2D eigenvalue weighted by Crippen LogP contribution is 2.31. The van der Waals surface area contributed by atoms with Crippen molar-refractivity contribution in [3.05, 3.63) is 56.0 Å². The Balaban J connectivity index is 2.12. The molecule has 110 valence electrons. The van der Waals surface area contributed by atoms with Crippen molar-refractivity contribution in [2.24, 2.45) is 0 Å². The van der Waals surface area contributed by atoms with E-state index in [9.17, 15) is 4.79 Å². The molecule has 2 aromatic rings. The van der Waals surface area contributed by atoms with Gasteiger partial charge in [0.1, 0.15) is 0 Å². The van der Waals surface area contributed by atoms with Crippen LogP contribution in [0.4, 0.5) is 11.4 Å². The van der Waals surface area contributed by atoms with Gasteiger partial charge in [-0.05, 0) is 29.8 Å². The summed E-state index contributed by atoms with van der Waals surface area (Å²) < 4.78 is 0. The summed E-state index contributed by atoms with van der Waals surface area (Å²) in [6.07, 6.45) is 0.107. The summed E-state index contributed by atoms with van der Waals surface area (Å²) in [5, 5.41) is 4.20. The lowest BCUT2D eigenvalue weighted by Crippen LogP contribution is -2.14. The summed E-state index contributed by atoms with van der Waals surface area (Å²) in [7, 11) is 0. The smallest absolute Gasteiger partial charge is 0.228 e. The lowest BCUT2D eigenvalue weighted by molar-refractivity contribution is -0.115. The molecule has 0 radical (unpaired) electrons. The minimum Gasteiger partial charge on any atom is -0.396 e. The summed E-state index contributed by atoms with van der Waals surface area (Å²) in [6.45, 7) is 0. The van der Waals surface area contributed by atoms with Gasteiger partial charge >= 0.3 is 0 Å². The predicted octanol–water partition coefficient (Wildman–Crippen LogP) is 5.06. The molecule has 0 spiro atoms. The molecule has 2 rings (SSSR count). The van der Waals surface area contributed by atoms with Gasteiger partial charge in [0, 0.05) is 15.7 Å². The van der Waals surface area contributed by atoms with Crippen molar-refractivity contribution in [1.29, 1.82) is 0 Å². The molecular weight excluding hydrogens is 354 g/mol. The predicted molar refractivity (Wildman–Crippen MR) is 89.7 cm³/mol. The van der Waals surface area contributed by atoms with E-state index in [1.165, 1.54) is 12.1 Å². The Hall–Kier alpha value is -1.13. The van der Waals surface area contributed by atoms with Crippen LogP contribution in [0.5, 0.6) is 0 Å². The number of nitrogens with one attached hydrogen (secondary N) is 1. The van der Waals surface area contributed by atoms with Crippen LogP contribution < -0.4 is 11.1 Å². The van der Waals surface area contributed by atoms with Gasteiger partial charge in [0.25, 0.3) is 0 Å². The second-order valence-corrected chi connectivity index (χ2v) is 5.97. The zero-order valence-electron chi connectivity index (χ0n) is 10.6. The number of nitrogen functional groups attached to an aromatic ring is 1. The summed E-state index contributed by atoms with van der Waals surface area (Å²) >= 11 is 23.6. The molecule has 0 atom stereocenters. The average Bonchev–Trinajstić information content (AvgIpc) is 2.39. The number of carbonyl (C=O) groups is 1. The van der Waals surface area contributed by atoms with Crippen LogP contribution in [0.15, 0.2) is 30.3 Å². The maximum Gasteiger partial charge on any atom is 0.228 e. The van der Waals surface area contributed by atoms with E-state index in [0.29, 0.717) is 21.3 Å². The highest BCUT2D eigenvalue weighted by Gasteiger charge is 2.10. The van der Waals surface area contributed by atoms with E-state index >= 15 is 0 Å². The van der Waals surface area contributed by atoms with Crippen molar-refractivity contribution < 1.29 is 4.79 Å².